The summed E-state index contributed by atoms with van der Waals surface area (Å²) in [6.45, 7) is 5.03. The zero-order chi connectivity index (χ0) is 27.8. The Morgan fingerprint density at radius 1 is 1.05 bits per heavy atom. The van der Waals surface area contributed by atoms with Gasteiger partial charge in [-0.05, 0) is 92.6 Å². The van der Waals surface area contributed by atoms with Crippen LogP contribution in [0.25, 0.3) is 11.3 Å². The van der Waals surface area contributed by atoms with Crippen LogP contribution in [0, 0.1) is 5.82 Å². The molecule has 40 heavy (non-hydrogen) atoms. The molecule has 6 rings (SSSR count). The third-order valence-corrected chi connectivity index (χ3v) is 8.13. The number of nitrogens with zero attached hydrogens (tertiary/aromatic N) is 3. The van der Waals surface area contributed by atoms with Crippen LogP contribution in [0.3, 0.4) is 0 Å². The van der Waals surface area contributed by atoms with E-state index in [9.17, 15) is 0 Å². The van der Waals surface area contributed by atoms with E-state index in [1.807, 2.05) is 29.3 Å². The van der Waals surface area contributed by atoms with Crippen LogP contribution in [-0.2, 0) is 6.42 Å². The Balaban J connectivity index is 1.31. The van der Waals surface area contributed by atoms with Crippen molar-refractivity contribution >= 4 is 34.6 Å². The predicted molar refractivity (Wildman–Crippen MR) is 160 cm³/mol. The Kier molecular flexibility index (Phi) is 7.34. The fraction of sp³-hybridized carbons (Fsp3) is 0.312. The highest BCUT2D eigenvalue weighted by Crippen LogP contribution is 2.44. The van der Waals surface area contributed by atoms with Crippen LogP contribution in [0.15, 0.2) is 66.9 Å². The molecular weight excluding hydrogens is 525 g/mol. The monoisotopic (exact) mass is 557 g/mol. The maximum atomic E-state index is 15.2. The molecule has 2 unspecified atom stereocenters. The molecule has 3 heterocycles. The van der Waals surface area contributed by atoms with Crippen molar-refractivity contribution in [1.29, 1.82) is 0 Å². The van der Waals surface area contributed by atoms with Gasteiger partial charge in [-0.15, -0.1) is 0 Å². The average Bonchev–Trinajstić information content (AvgIpc) is 3.09. The number of piperidine rings is 1. The van der Waals surface area contributed by atoms with Crippen LogP contribution in [0.5, 0.6) is 5.75 Å². The van der Waals surface area contributed by atoms with Crippen LogP contribution in [0.4, 0.5) is 27.4 Å². The molecule has 1 aromatic heterocycles. The summed E-state index contributed by atoms with van der Waals surface area (Å²) in [5, 5.41) is 7.56. The van der Waals surface area contributed by atoms with Crippen LogP contribution >= 0.6 is 11.6 Å². The van der Waals surface area contributed by atoms with Gasteiger partial charge >= 0.3 is 0 Å². The minimum atomic E-state index is -0.360. The molecule has 8 heteroatoms. The van der Waals surface area contributed by atoms with Gasteiger partial charge < -0.3 is 20.3 Å². The van der Waals surface area contributed by atoms with Crippen molar-refractivity contribution in [3.05, 3.63) is 88.8 Å². The third-order valence-electron chi connectivity index (χ3n) is 7.90. The number of rotatable bonds is 5. The molecule has 6 nitrogen and oxygen atoms in total. The number of hydrogen-bond donors (Lipinski definition) is 2. The molecule has 2 N–H and O–H groups in total. The van der Waals surface area contributed by atoms with Gasteiger partial charge in [0.25, 0.3) is 0 Å². The Morgan fingerprint density at radius 3 is 2.58 bits per heavy atom. The van der Waals surface area contributed by atoms with Crippen molar-refractivity contribution in [1.82, 2.24) is 15.3 Å². The van der Waals surface area contributed by atoms with E-state index in [2.05, 4.69) is 53.7 Å². The van der Waals surface area contributed by atoms with Crippen molar-refractivity contribution in [2.45, 2.75) is 51.1 Å². The van der Waals surface area contributed by atoms with E-state index in [4.69, 9.17) is 21.3 Å². The SMILES string of the molecule is COc1cccc(F)c1N1CCc2cnc(Nc3ccc(C4CC(C)NC(C)C4)cc3)nc2-c2ccc(Cl)cc21. The minimum Gasteiger partial charge on any atom is -0.494 e. The number of methoxy groups -OCH3 is 1. The lowest BCUT2D eigenvalue weighted by atomic mass is 9.84. The number of fused-ring (bicyclic) bond motifs is 3. The summed E-state index contributed by atoms with van der Waals surface area (Å²) in [5.41, 5.74) is 6.09. The number of para-hydroxylation sites is 1. The summed E-state index contributed by atoms with van der Waals surface area (Å²) in [5.74, 6) is 1.17. The molecule has 3 aromatic carbocycles. The van der Waals surface area contributed by atoms with Crippen molar-refractivity contribution in [2.75, 3.05) is 23.9 Å². The predicted octanol–water partition coefficient (Wildman–Crippen LogP) is 7.63. The number of halogens is 2. The third kappa shape index (κ3) is 5.23. The van der Waals surface area contributed by atoms with E-state index in [1.165, 1.54) is 11.6 Å². The molecule has 206 valence electrons. The smallest absolute Gasteiger partial charge is 0.227 e. The van der Waals surface area contributed by atoms with E-state index in [0.717, 1.165) is 41.0 Å². The quantitative estimate of drug-likeness (QED) is 0.263. The van der Waals surface area contributed by atoms with Crippen LogP contribution in [0.2, 0.25) is 5.02 Å². The average molecular weight is 558 g/mol. The number of nitrogens with one attached hydrogen (secondary N) is 2. The van der Waals surface area contributed by atoms with Gasteiger partial charge in [0.15, 0.2) is 5.82 Å². The normalized spacial score (nSPS) is 20.3. The maximum Gasteiger partial charge on any atom is 0.227 e. The maximum absolute atomic E-state index is 15.2. The highest BCUT2D eigenvalue weighted by atomic mass is 35.5. The molecule has 0 aliphatic carbocycles. The molecule has 0 spiro atoms. The van der Waals surface area contributed by atoms with Gasteiger partial charge in [-0.2, -0.15) is 0 Å². The van der Waals surface area contributed by atoms with Gasteiger partial charge in [0.1, 0.15) is 11.4 Å². The zero-order valence-corrected chi connectivity index (χ0v) is 23.7. The Bertz CT molecular complexity index is 1520. The molecule has 2 atom stereocenters. The first-order valence-electron chi connectivity index (χ1n) is 13.8. The largest absolute Gasteiger partial charge is 0.494 e. The van der Waals surface area contributed by atoms with Crippen molar-refractivity contribution in [3.8, 4) is 17.0 Å². The minimum absolute atomic E-state index is 0.360. The molecule has 1 fully saturated rings. The Labute approximate surface area is 239 Å². The second-order valence-corrected chi connectivity index (χ2v) is 11.2. The number of aromatic nitrogens is 2. The molecule has 0 bridgehead atoms. The number of anilines is 4. The summed E-state index contributed by atoms with van der Waals surface area (Å²) in [4.78, 5) is 11.5. The highest BCUT2D eigenvalue weighted by Gasteiger charge is 2.27. The Hall–Kier alpha value is -3.68. The lowest BCUT2D eigenvalue weighted by Gasteiger charge is -2.33. The summed E-state index contributed by atoms with van der Waals surface area (Å²) in [6, 6.07) is 20.1. The molecule has 0 saturated carbocycles. The summed E-state index contributed by atoms with van der Waals surface area (Å²) < 4.78 is 20.7. The molecular formula is C32H33ClFN5O. The van der Waals surface area contributed by atoms with Crippen molar-refractivity contribution in [3.63, 3.8) is 0 Å². The van der Waals surface area contributed by atoms with E-state index >= 15 is 4.39 Å². The molecule has 4 aromatic rings. The summed E-state index contributed by atoms with van der Waals surface area (Å²) in [6.07, 6.45) is 4.77. The summed E-state index contributed by atoms with van der Waals surface area (Å²) >= 11 is 6.45. The fourth-order valence-corrected chi connectivity index (χ4v) is 6.30. The number of ether oxygens (including phenoxy) is 1. The Morgan fingerprint density at radius 2 is 1.82 bits per heavy atom. The van der Waals surface area contributed by atoms with E-state index in [1.54, 1.807) is 19.2 Å². The lowest BCUT2D eigenvalue weighted by molar-refractivity contribution is 0.317. The van der Waals surface area contributed by atoms with Gasteiger partial charge in [0.05, 0.1) is 18.5 Å². The summed E-state index contributed by atoms with van der Waals surface area (Å²) in [7, 11) is 1.55. The van der Waals surface area contributed by atoms with Gasteiger partial charge in [0, 0.05) is 41.1 Å². The van der Waals surface area contributed by atoms with Crippen LogP contribution < -0.4 is 20.3 Å². The molecule has 0 amide bonds. The first kappa shape index (κ1) is 26.5. The number of benzene rings is 3. The molecule has 0 radical (unpaired) electrons. The fourth-order valence-electron chi connectivity index (χ4n) is 6.13. The second kappa shape index (κ2) is 11.1. The molecule has 1 saturated heterocycles. The topological polar surface area (TPSA) is 62.3 Å². The lowest BCUT2D eigenvalue weighted by Crippen LogP contribution is -2.41. The van der Waals surface area contributed by atoms with E-state index in [0.29, 0.717) is 53.4 Å². The van der Waals surface area contributed by atoms with Crippen molar-refractivity contribution < 1.29 is 9.13 Å². The van der Waals surface area contributed by atoms with E-state index < -0.39 is 0 Å². The first-order chi connectivity index (χ1) is 19.4. The van der Waals surface area contributed by atoms with Crippen molar-refractivity contribution in [2.24, 2.45) is 0 Å². The zero-order valence-electron chi connectivity index (χ0n) is 22.9. The van der Waals surface area contributed by atoms with E-state index in [-0.39, 0.29) is 5.82 Å². The molecule has 2 aliphatic rings. The highest BCUT2D eigenvalue weighted by molar-refractivity contribution is 6.31. The van der Waals surface area contributed by atoms with Gasteiger partial charge in [-0.25, -0.2) is 14.4 Å². The van der Waals surface area contributed by atoms with Crippen LogP contribution in [0.1, 0.15) is 43.7 Å². The molecule has 2 aliphatic heterocycles. The van der Waals surface area contributed by atoms with Gasteiger partial charge in [-0.1, -0.05) is 29.8 Å². The van der Waals surface area contributed by atoms with Gasteiger partial charge in [-0.3, -0.25) is 0 Å². The first-order valence-corrected chi connectivity index (χ1v) is 14.2. The standard InChI is InChI=1S/C32H33ClFN5O/c1-19-15-23(16-20(2)36-19)21-7-10-25(11-8-21)37-32-35-18-22-13-14-39(31-27(34)5-4-6-29(31)40-3)28-17-24(33)9-12-26(28)30(22)38-32/h4-12,17-20,23,36H,13-16H2,1-3H3,(H,35,37,38). The van der Waals surface area contributed by atoms with Gasteiger partial charge in [0.2, 0.25) is 5.95 Å². The number of hydrogen-bond acceptors (Lipinski definition) is 6. The van der Waals surface area contributed by atoms with Crippen LogP contribution in [-0.4, -0.2) is 35.7 Å². The second-order valence-electron chi connectivity index (χ2n) is 10.8.